The van der Waals surface area contributed by atoms with Crippen molar-refractivity contribution in [3.63, 3.8) is 0 Å². The van der Waals surface area contributed by atoms with E-state index in [2.05, 4.69) is 15.5 Å². The van der Waals surface area contributed by atoms with Crippen LogP contribution in [0, 0.1) is 13.8 Å². The average Bonchev–Trinajstić information content (AvgIpc) is 3.17. The molecule has 4 rings (SSSR count). The molecular formula is C18H24N4OS. The highest BCUT2D eigenvalue weighted by Crippen LogP contribution is 2.32. The highest BCUT2D eigenvalue weighted by Gasteiger charge is 2.29. The van der Waals surface area contributed by atoms with Crippen LogP contribution in [0.25, 0.3) is 0 Å². The number of thiophene rings is 1. The highest BCUT2D eigenvalue weighted by molar-refractivity contribution is 7.10. The summed E-state index contributed by atoms with van der Waals surface area (Å²) in [5.41, 5.74) is 2.29. The van der Waals surface area contributed by atoms with Crippen LogP contribution in [0.1, 0.15) is 64.2 Å². The van der Waals surface area contributed by atoms with Gasteiger partial charge in [-0.25, -0.2) is 9.67 Å². The van der Waals surface area contributed by atoms with E-state index >= 15 is 0 Å². The number of carbonyl (C=O) groups excluding carboxylic acids is 1. The Morgan fingerprint density at radius 3 is 2.88 bits per heavy atom. The standard InChI is InChI=1S/C18H24N4OS/c1-12-19-13(2)22(20-12)14-6-5-9-21(10-14)18(23)16-11-24-17-8-4-3-7-15(16)17/h11,14H,3-10H2,1-2H3/t14-/m0/s1. The van der Waals surface area contributed by atoms with Gasteiger partial charge in [-0.3, -0.25) is 4.79 Å². The molecule has 1 aliphatic carbocycles. The molecule has 1 fully saturated rings. The molecule has 128 valence electrons. The number of rotatable bonds is 2. The SMILES string of the molecule is Cc1nc(C)n([C@H]2CCCN(C(=O)c3csc4c3CCCC4)C2)n1. The molecule has 2 aliphatic rings. The Hall–Kier alpha value is -1.69. The van der Waals surface area contributed by atoms with E-state index in [9.17, 15) is 4.79 Å². The van der Waals surface area contributed by atoms with Gasteiger partial charge in [-0.2, -0.15) is 5.10 Å². The zero-order valence-electron chi connectivity index (χ0n) is 14.4. The fraction of sp³-hybridized carbons (Fsp3) is 0.611. The van der Waals surface area contributed by atoms with Gasteiger partial charge in [0.15, 0.2) is 0 Å². The molecule has 1 aliphatic heterocycles. The smallest absolute Gasteiger partial charge is 0.255 e. The minimum absolute atomic E-state index is 0.216. The first kappa shape index (κ1) is 15.8. The maximum absolute atomic E-state index is 13.1. The van der Waals surface area contributed by atoms with Crippen LogP contribution >= 0.6 is 11.3 Å². The van der Waals surface area contributed by atoms with Gasteiger partial charge < -0.3 is 4.90 Å². The summed E-state index contributed by atoms with van der Waals surface area (Å²) in [5.74, 6) is 1.97. The first-order valence-electron chi connectivity index (χ1n) is 8.91. The Kier molecular flexibility index (Phi) is 4.16. The van der Waals surface area contributed by atoms with Crippen molar-refractivity contribution in [1.29, 1.82) is 0 Å². The molecule has 3 heterocycles. The van der Waals surface area contributed by atoms with E-state index in [0.29, 0.717) is 0 Å². The van der Waals surface area contributed by atoms with Crippen LogP contribution in [0.2, 0.25) is 0 Å². The normalized spacial score (nSPS) is 20.9. The fourth-order valence-electron chi connectivity index (χ4n) is 4.06. The van der Waals surface area contributed by atoms with Gasteiger partial charge >= 0.3 is 0 Å². The Balaban J connectivity index is 1.55. The molecule has 5 nitrogen and oxygen atoms in total. The molecule has 0 radical (unpaired) electrons. The minimum Gasteiger partial charge on any atom is -0.336 e. The Morgan fingerprint density at radius 1 is 1.25 bits per heavy atom. The molecule has 1 amide bonds. The van der Waals surface area contributed by atoms with Crippen molar-refractivity contribution in [3.05, 3.63) is 33.0 Å². The molecular weight excluding hydrogens is 320 g/mol. The van der Waals surface area contributed by atoms with Crippen LogP contribution in [0.4, 0.5) is 0 Å². The second-order valence-electron chi connectivity index (χ2n) is 6.96. The molecule has 0 bridgehead atoms. The van der Waals surface area contributed by atoms with Crippen LogP contribution in [-0.4, -0.2) is 38.7 Å². The number of hydrogen-bond acceptors (Lipinski definition) is 4. The van der Waals surface area contributed by atoms with E-state index in [0.717, 1.165) is 56.0 Å². The molecule has 0 unspecified atom stereocenters. The summed E-state index contributed by atoms with van der Waals surface area (Å²) in [6.45, 7) is 5.52. The monoisotopic (exact) mass is 344 g/mol. The van der Waals surface area contributed by atoms with Crippen LogP contribution in [0.5, 0.6) is 0 Å². The van der Waals surface area contributed by atoms with Gasteiger partial charge in [0, 0.05) is 23.3 Å². The van der Waals surface area contributed by atoms with Crippen molar-refractivity contribution in [2.45, 2.75) is 58.4 Å². The van der Waals surface area contributed by atoms with Gasteiger partial charge in [-0.05, 0) is 57.9 Å². The molecule has 0 aromatic carbocycles. The van der Waals surface area contributed by atoms with Crippen LogP contribution in [-0.2, 0) is 12.8 Å². The number of aromatic nitrogens is 3. The lowest BCUT2D eigenvalue weighted by atomic mass is 9.95. The number of hydrogen-bond donors (Lipinski definition) is 0. The Morgan fingerprint density at radius 2 is 2.08 bits per heavy atom. The fourth-order valence-corrected chi connectivity index (χ4v) is 5.18. The second kappa shape index (κ2) is 6.31. The number of piperidine rings is 1. The molecule has 2 aromatic rings. The van der Waals surface area contributed by atoms with E-state index in [4.69, 9.17) is 0 Å². The van der Waals surface area contributed by atoms with Crippen LogP contribution < -0.4 is 0 Å². The molecule has 2 aromatic heterocycles. The second-order valence-corrected chi connectivity index (χ2v) is 7.92. The van der Waals surface area contributed by atoms with E-state index in [1.807, 2.05) is 23.4 Å². The average molecular weight is 344 g/mol. The quantitative estimate of drug-likeness (QED) is 0.840. The summed E-state index contributed by atoms with van der Waals surface area (Å²) in [7, 11) is 0. The number of nitrogens with zero attached hydrogens (tertiary/aromatic N) is 4. The largest absolute Gasteiger partial charge is 0.336 e. The van der Waals surface area contributed by atoms with E-state index in [-0.39, 0.29) is 11.9 Å². The summed E-state index contributed by atoms with van der Waals surface area (Å²) in [4.78, 5) is 21.0. The van der Waals surface area contributed by atoms with E-state index in [1.165, 1.54) is 23.3 Å². The molecule has 1 atom stereocenters. The van der Waals surface area contributed by atoms with Crippen LogP contribution in [0.15, 0.2) is 5.38 Å². The minimum atomic E-state index is 0.216. The van der Waals surface area contributed by atoms with Gasteiger partial charge in [0.25, 0.3) is 5.91 Å². The number of aryl methyl sites for hydroxylation is 3. The third-order valence-electron chi connectivity index (χ3n) is 5.23. The lowest BCUT2D eigenvalue weighted by Crippen LogP contribution is -2.41. The molecule has 0 N–H and O–H groups in total. The van der Waals surface area contributed by atoms with Crippen molar-refractivity contribution in [2.24, 2.45) is 0 Å². The number of fused-ring (bicyclic) bond motifs is 1. The van der Waals surface area contributed by atoms with E-state index < -0.39 is 0 Å². The molecule has 24 heavy (non-hydrogen) atoms. The van der Waals surface area contributed by atoms with Gasteiger partial charge in [0.05, 0.1) is 11.6 Å². The van der Waals surface area contributed by atoms with Crippen molar-refractivity contribution < 1.29 is 4.79 Å². The Labute approximate surface area is 146 Å². The van der Waals surface area contributed by atoms with Crippen LogP contribution in [0.3, 0.4) is 0 Å². The summed E-state index contributed by atoms with van der Waals surface area (Å²) < 4.78 is 2.01. The lowest BCUT2D eigenvalue weighted by molar-refractivity contribution is 0.0670. The molecule has 6 heteroatoms. The summed E-state index contributed by atoms with van der Waals surface area (Å²) in [5, 5.41) is 6.62. The van der Waals surface area contributed by atoms with Gasteiger partial charge in [-0.1, -0.05) is 0 Å². The predicted molar refractivity (Wildman–Crippen MR) is 94.6 cm³/mol. The molecule has 0 saturated carbocycles. The Bertz CT molecular complexity index is 763. The van der Waals surface area contributed by atoms with Gasteiger partial charge in [0.2, 0.25) is 0 Å². The number of amides is 1. The lowest BCUT2D eigenvalue weighted by Gasteiger charge is -2.33. The van der Waals surface area contributed by atoms with Crippen molar-refractivity contribution in [2.75, 3.05) is 13.1 Å². The number of likely N-dealkylation sites (tertiary alicyclic amines) is 1. The third kappa shape index (κ3) is 2.77. The molecule has 1 saturated heterocycles. The summed E-state index contributed by atoms with van der Waals surface area (Å²) >= 11 is 1.77. The zero-order chi connectivity index (χ0) is 16.7. The number of carbonyl (C=O) groups is 1. The van der Waals surface area contributed by atoms with Gasteiger partial charge in [0.1, 0.15) is 11.6 Å². The predicted octanol–water partition coefficient (Wildman–Crippen LogP) is 3.31. The molecule has 0 spiro atoms. The highest BCUT2D eigenvalue weighted by atomic mass is 32.1. The van der Waals surface area contributed by atoms with E-state index in [1.54, 1.807) is 11.3 Å². The third-order valence-corrected chi connectivity index (χ3v) is 6.32. The summed E-state index contributed by atoms with van der Waals surface area (Å²) in [6.07, 6.45) is 6.78. The maximum atomic E-state index is 13.1. The van der Waals surface area contributed by atoms with Crippen molar-refractivity contribution in [1.82, 2.24) is 19.7 Å². The van der Waals surface area contributed by atoms with Crippen molar-refractivity contribution in [3.8, 4) is 0 Å². The maximum Gasteiger partial charge on any atom is 0.255 e. The topological polar surface area (TPSA) is 51.0 Å². The first-order valence-corrected chi connectivity index (χ1v) is 9.79. The summed E-state index contributed by atoms with van der Waals surface area (Å²) in [6, 6.07) is 0.248. The van der Waals surface area contributed by atoms with Crippen molar-refractivity contribution >= 4 is 17.2 Å². The first-order chi connectivity index (χ1) is 11.6. The van der Waals surface area contributed by atoms with Gasteiger partial charge in [-0.15, -0.1) is 11.3 Å². The zero-order valence-corrected chi connectivity index (χ0v) is 15.2.